The summed E-state index contributed by atoms with van der Waals surface area (Å²) in [5.41, 5.74) is 0.773. The Hall–Kier alpha value is -2.10. The van der Waals surface area contributed by atoms with E-state index >= 15 is 0 Å². The van der Waals surface area contributed by atoms with Crippen LogP contribution in [0.25, 0.3) is 0 Å². The van der Waals surface area contributed by atoms with Gasteiger partial charge in [0.1, 0.15) is 0 Å². The third kappa shape index (κ3) is 6.85. The lowest BCUT2D eigenvalue weighted by Crippen LogP contribution is -2.44. The maximum Gasteiger partial charge on any atom is 0.387 e. The first kappa shape index (κ1) is 21.2. The molecule has 27 heavy (non-hydrogen) atoms. The number of halogens is 2. The zero-order chi connectivity index (χ0) is 19.9. The molecule has 0 aliphatic carbocycles. The van der Waals surface area contributed by atoms with Crippen molar-refractivity contribution in [3.05, 3.63) is 23.8 Å². The normalized spacial score (nSPS) is 19.1. The highest BCUT2D eigenvalue weighted by molar-refractivity contribution is 7.91. The predicted molar refractivity (Wildman–Crippen MR) is 99.5 cm³/mol. The van der Waals surface area contributed by atoms with Gasteiger partial charge >= 0.3 is 6.61 Å². The summed E-state index contributed by atoms with van der Waals surface area (Å²) in [6.07, 6.45) is 1.06. The number of sulfone groups is 1. The molecule has 152 valence electrons. The van der Waals surface area contributed by atoms with Gasteiger partial charge in [0.2, 0.25) is 0 Å². The quantitative estimate of drug-likeness (QED) is 0.504. The van der Waals surface area contributed by atoms with Gasteiger partial charge in [-0.15, -0.1) is 0 Å². The number of guanidine groups is 1. The highest BCUT2D eigenvalue weighted by atomic mass is 32.2. The van der Waals surface area contributed by atoms with Gasteiger partial charge in [-0.25, -0.2) is 8.42 Å². The molecule has 1 unspecified atom stereocenters. The van der Waals surface area contributed by atoms with Crippen molar-refractivity contribution in [1.82, 2.24) is 10.6 Å². The lowest BCUT2D eigenvalue weighted by Gasteiger charge is -2.16. The van der Waals surface area contributed by atoms with E-state index in [9.17, 15) is 17.2 Å². The van der Waals surface area contributed by atoms with Crippen LogP contribution in [0.4, 0.5) is 8.78 Å². The number of benzene rings is 1. The van der Waals surface area contributed by atoms with Crippen molar-refractivity contribution in [1.29, 1.82) is 0 Å². The summed E-state index contributed by atoms with van der Waals surface area (Å²) in [7, 11) is -1.59. The van der Waals surface area contributed by atoms with Crippen LogP contribution in [0.15, 0.2) is 23.2 Å². The number of ether oxygens (including phenoxy) is 2. The summed E-state index contributed by atoms with van der Waals surface area (Å²) in [6.45, 7) is 0.0228. The fourth-order valence-corrected chi connectivity index (χ4v) is 4.46. The Kier molecular flexibility index (Phi) is 7.64. The van der Waals surface area contributed by atoms with Crippen molar-refractivity contribution in [2.24, 2.45) is 4.99 Å². The van der Waals surface area contributed by atoms with E-state index in [2.05, 4.69) is 20.4 Å². The van der Waals surface area contributed by atoms with Crippen LogP contribution >= 0.6 is 0 Å². The van der Waals surface area contributed by atoms with Crippen molar-refractivity contribution in [3.63, 3.8) is 0 Å². The molecule has 2 N–H and O–H groups in total. The molecule has 0 amide bonds. The van der Waals surface area contributed by atoms with Gasteiger partial charge in [0.15, 0.2) is 27.3 Å². The van der Waals surface area contributed by atoms with E-state index < -0.39 is 16.4 Å². The molecule has 0 aromatic heterocycles. The first-order valence-electron chi connectivity index (χ1n) is 8.70. The van der Waals surface area contributed by atoms with Crippen LogP contribution < -0.4 is 20.1 Å². The largest absolute Gasteiger partial charge is 0.493 e. The third-order valence-electron chi connectivity index (χ3n) is 4.03. The zero-order valence-electron chi connectivity index (χ0n) is 15.4. The van der Waals surface area contributed by atoms with E-state index in [0.29, 0.717) is 31.9 Å². The van der Waals surface area contributed by atoms with Gasteiger partial charge in [-0.05, 0) is 37.5 Å². The van der Waals surface area contributed by atoms with Gasteiger partial charge in [0.05, 0.1) is 18.6 Å². The number of hydrogen-bond acceptors (Lipinski definition) is 5. The summed E-state index contributed by atoms with van der Waals surface area (Å²) >= 11 is 0. The number of nitrogens with zero attached hydrogens (tertiary/aromatic N) is 1. The molecule has 0 bridgehead atoms. The monoisotopic (exact) mass is 405 g/mol. The maximum absolute atomic E-state index is 12.5. The zero-order valence-corrected chi connectivity index (χ0v) is 16.2. The molecule has 1 aromatic carbocycles. The Morgan fingerprint density at radius 3 is 2.74 bits per heavy atom. The van der Waals surface area contributed by atoms with Gasteiger partial charge in [0, 0.05) is 19.1 Å². The Balaban J connectivity index is 1.98. The summed E-state index contributed by atoms with van der Waals surface area (Å²) < 4.78 is 57.6. The van der Waals surface area contributed by atoms with E-state index in [-0.39, 0.29) is 29.0 Å². The summed E-state index contributed by atoms with van der Waals surface area (Å²) in [6, 6.07) is 4.68. The van der Waals surface area contributed by atoms with Crippen LogP contribution in [0.3, 0.4) is 0 Å². The van der Waals surface area contributed by atoms with Crippen molar-refractivity contribution in [3.8, 4) is 11.5 Å². The first-order valence-corrected chi connectivity index (χ1v) is 10.5. The fourth-order valence-electron chi connectivity index (χ4n) is 2.78. The Labute approximate surface area is 158 Å². The number of aliphatic imine (C=N–C) groups is 1. The summed E-state index contributed by atoms with van der Waals surface area (Å²) in [4.78, 5) is 4.43. The van der Waals surface area contributed by atoms with Crippen molar-refractivity contribution in [2.45, 2.75) is 32.4 Å². The van der Waals surface area contributed by atoms with Gasteiger partial charge in [-0.3, -0.25) is 4.99 Å². The third-order valence-corrected chi connectivity index (χ3v) is 5.80. The van der Waals surface area contributed by atoms with Crippen molar-refractivity contribution >= 4 is 15.8 Å². The lowest BCUT2D eigenvalue weighted by atomic mass is 10.1. The second-order valence-electron chi connectivity index (χ2n) is 6.12. The molecular formula is C17H25F2N3O4S. The minimum atomic E-state index is -2.97. The van der Waals surface area contributed by atoms with Crippen LogP contribution in [-0.4, -0.2) is 58.7 Å². The molecule has 0 saturated carbocycles. The lowest BCUT2D eigenvalue weighted by molar-refractivity contribution is -0.0512. The van der Waals surface area contributed by atoms with Crippen LogP contribution in [0.5, 0.6) is 11.5 Å². The molecule has 10 heteroatoms. The van der Waals surface area contributed by atoms with Crippen molar-refractivity contribution in [2.75, 3.05) is 31.7 Å². The molecule has 1 aliphatic rings. The molecule has 0 spiro atoms. The van der Waals surface area contributed by atoms with E-state index in [4.69, 9.17) is 4.74 Å². The minimum Gasteiger partial charge on any atom is -0.493 e. The maximum atomic E-state index is 12.5. The average Bonchev–Trinajstić information content (AvgIpc) is 2.93. The molecule has 0 radical (unpaired) electrons. The molecule has 1 fully saturated rings. The molecule has 1 heterocycles. The summed E-state index contributed by atoms with van der Waals surface area (Å²) in [5, 5.41) is 6.21. The highest BCUT2D eigenvalue weighted by Crippen LogP contribution is 2.29. The standard InChI is InChI=1S/C17H25F2N3O4S/c1-3-20-17(22-13-7-9-27(23,24)11-13)21-8-6-12-4-5-14(25-2)15(10-12)26-16(18)19/h4-5,10,13,16H,3,6-9,11H2,1-2H3,(H2,20,21,22). The Morgan fingerprint density at radius 1 is 1.37 bits per heavy atom. The van der Waals surface area contributed by atoms with Crippen LogP contribution in [0, 0.1) is 0 Å². The summed E-state index contributed by atoms with van der Waals surface area (Å²) in [5.74, 6) is 1.04. The molecular weight excluding hydrogens is 380 g/mol. The molecule has 1 aromatic rings. The first-order chi connectivity index (χ1) is 12.8. The van der Waals surface area contributed by atoms with Crippen LogP contribution in [0.2, 0.25) is 0 Å². The topological polar surface area (TPSA) is 89.0 Å². The molecule has 1 atom stereocenters. The van der Waals surface area contributed by atoms with Crippen LogP contribution in [-0.2, 0) is 16.3 Å². The van der Waals surface area contributed by atoms with Gasteiger partial charge in [-0.1, -0.05) is 6.07 Å². The average molecular weight is 405 g/mol. The van der Waals surface area contributed by atoms with Crippen molar-refractivity contribution < 1.29 is 26.7 Å². The SMILES string of the molecule is CCNC(=NCCc1ccc(OC)c(OC(F)F)c1)NC1CCS(=O)(=O)C1. The molecule has 1 aliphatic heterocycles. The van der Waals surface area contributed by atoms with Gasteiger partial charge < -0.3 is 20.1 Å². The number of hydrogen-bond donors (Lipinski definition) is 2. The van der Waals surface area contributed by atoms with E-state index in [0.717, 1.165) is 5.56 Å². The second-order valence-corrected chi connectivity index (χ2v) is 8.35. The highest BCUT2D eigenvalue weighted by Gasteiger charge is 2.28. The minimum absolute atomic E-state index is 0.0184. The molecule has 1 saturated heterocycles. The van der Waals surface area contributed by atoms with Gasteiger partial charge in [0.25, 0.3) is 0 Å². The molecule has 2 rings (SSSR count). The number of nitrogens with one attached hydrogen (secondary N) is 2. The number of alkyl halides is 2. The smallest absolute Gasteiger partial charge is 0.387 e. The Morgan fingerprint density at radius 2 is 2.15 bits per heavy atom. The number of rotatable bonds is 8. The Bertz CT molecular complexity index is 757. The van der Waals surface area contributed by atoms with E-state index in [1.165, 1.54) is 13.2 Å². The van der Waals surface area contributed by atoms with E-state index in [1.54, 1.807) is 12.1 Å². The van der Waals surface area contributed by atoms with Crippen LogP contribution in [0.1, 0.15) is 18.9 Å². The fraction of sp³-hybridized carbons (Fsp3) is 0.588. The van der Waals surface area contributed by atoms with Gasteiger partial charge in [-0.2, -0.15) is 8.78 Å². The number of methoxy groups -OCH3 is 1. The van der Waals surface area contributed by atoms with E-state index in [1.807, 2.05) is 6.92 Å². The second kappa shape index (κ2) is 9.72. The predicted octanol–water partition coefficient (Wildman–Crippen LogP) is 1.58. The molecule has 7 nitrogen and oxygen atoms in total.